The largest absolute Gasteiger partial charge is 0.452 e. The van der Waals surface area contributed by atoms with Crippen LogP contribution in [0.2, 0.25) is 10.0 Å². The van der Waals surface area contributed by atoms with Gasteiger partial charge in [-0.3, -0.25) is 10.1 Å². The van der Waals surface area contributed by atoms with E-state index in [2.05, 4.69) is 26.2 Å². The minimum absolute atomic E-state index is 0.139. The number of aromatic nitrogens is 1. The van der Waals surface area contributed by atoms with Gasteiger partial charge in [-0.05, 0) is 30.3 Å². The summed E-state index contributed by atoms with van der Waals surface area (Å²) in [5, 5.41) is 5.41. The fraction of sp³-hybridized carbons (Fsp3) is 0.0556. The number of amides is 1. The molecule has 1 aromatic heterocycles. The Hall–Kier alpha value is -1.93. The number of nitrogens with zero attached hydrogens (tertiary/aromatic N) is 1. The number of ether oxygens (including phenoxy) is 1. The van der Waals surface area contributed by atoms with Crippen LogP contribution in [0, 0.1) is 0 Å². The maximum absolute atomic E-state index is 12.0. The topological polar surface area (TPSA) is 68.3 Å². The number of halogens is 3. The van der Waals surface area contributed by atoms with E-state index in [1.807, 2.05) is 29.6 Å². The van der Waals surface area contributed by atoms with Crippen LogP contribution in [0.3, 0.4) is 0 Å². The average Bonchev–Trinajstić information content (AvgIpc) is 3.08. The van der Waals surface area contributed by atoms with Crippen molar-refractivity contribution in [2.45, 2.75) is 0 Å². The molecule has 3 aromatic rings. The van der Waals surface area contributed by atoms with Crippen molar-refractivity contribution in [3.05, 3.63) is 67.9 Å². The maximum atomic E-state index is 12.0. The van der Waals surface area contributed by atoms with Crippen LogP contribution in [-0.4, -0.2) is 23.5 Å². The van der Waals surface area contributed by atoms with Gasteiger partial charge in [0.05, 0.1) is 16.3 Å². The zero-order valence-electron chi connectivity index (χ0n) is 13.5. The molecule has 1 heterocycles. The average molecular weight is 486 g/mol. The first-order valence-electron chi connectivity index (χ1n) is 7.56. The summed E-state index contributed by atoms with van der Waals surface area (Å²) in [5.41, 5.74) is 1.80. The second-order valence-electron chi connectivity index (χ2n) is 5.30. The lowest BCUT2D eigenvalue weighted by atomic mass is 10.2. The van der Waals surface area contributed by atoms with Gasteiger partial charge in [0.1, 0.15) is 0 Å². The molecule has 0 atom stereocenters. The van der Waals surface area contributed by atoms with E-state index in [1.54, 1.807) is 0 Å². The highest BCUT2D eigenvalue weighted by molar-refractivity contribution is 9.10. The Kier molecular flexibility index (Phi) is 6.49. The summed E-state index contributed by atoms with van der Waals surface area (Å²) in [6.45, 7) is -0.455. The molecule has 3 rings (SSSR count). The highest BCUT2D eigenvalue weighted by atomic mass is 79.9. The highest BCUT2D eigenvalue weighted by Crippen LogP contribution is 2.27. The van der Waals surface area contributed by atoms with E-state index in [0.717, 1.165) is 15.7 Å². The number of hydrogen-bond donors (Lipinski definition) is 1. The number of benzene rings is 2. The zero-order valence-corrected chi connectivity index (χ0v) is 17.5. The van der Waals surface area contributed by atoms with Gasteiger partial charge in [-0.15, -0.1) is 11.3 Å². The quantitative estimate of drug-likeness (QED) is 0.472. The molecule has 1 N–H and O–H groups in total. The lowest BCUT2D eigenvalue weighted by Crippen LogP contribution is -2.21. The first kappa shape index (κ1) is 19.8. The van der Waals surface area contributed by atoms with Crippen LogP contribution in [0.1, 0.15) is 10.4 Å². The SMILES string of the molecule is O=C(COC(=O)c1ccc(Cl)cc1Cl)Nc1nc(-c2cccc(Br)c2)cs1. The number of rotatable bonds is 5. The van der Waals surface area contributed by atoms with Gasteiger partial charge in [-0.2, -0.15) is 0 Å². The van der Waals surface area contributed by atoms with Crippen LogP contribution in [-0.2, 0) is 9.53 Å². The summed E-state index contributed by atoms with van der Waals surface area (Å²) in [4.78, 5) is 28.4. The molecule has 0 fully saturated rings. The minimum Gasteiger partial charge on any atom is -0.452 e. The second kappa shape index (κ2) is 8.84. The third-order valence-electron chi connectivity index (χ3n) is 3.36. The fourth-order valence-corrected chi connectivity index (χ4v) is 3.75. The Bertz CT molecular complexity index is 1010. The second-order valence-corrected chi connectivity index (χ2v) is 7.91. The van der Waals surface area contributed by atoms with E-state index in [9.17, 15) is 9.59 Å². The van der Waals surface area contributed by atoms with Gasteiger partial charge in [-0.25, -0.2) is 9.78 Å². The number of carbonyl (C=O) groups excluding carboxylic acids is 2. The minimum atomic E-state index is -0.708. The van der Waals surface area contributed by atoms with Gasteiger partial charge in [0.2, 0.25) is 0 Å². The van der Waals surface area contributed by atoms with Gasteiger partial charge in [-0.1, -0.05) is 51.3 Å². The van der Waals surface area contributed by atoms with Crippen molar-refractivity contribution < 1.29 is 14.3 Å². The number of nitrogens with one attached hydrogen (secondary N) is 1. The van der Waals surface area contributed by atoms with Gasteiger partial charge >= 0.3 is 5.97 Å². The smallest absolute Gasteiger partial charge is 0.340 e. The third kappa shape index (κ3) is 5.29. The van der Waals surface area contributed by atoms with Crippen molar-refractivity contribution in [2.75, 3.05) is 11.9 Å². The molecule has 0 bridgehead atoms. The first-order chi connectivity index (χ1) is 12.9. The van der Waals surface area contributed by atoms with E-state index in [-0.39, 0.29) is 10.6 Å². The molecule has 0 unspecified atom stereocenters. The molecule has 2 aromatic carbocycles. The lowest BCUT2D eigenvalue weighted by Gasteiger charge is -2.06. The molecule has 138 valence electrons. The van der Waals surface area contributed by atoms with E-state index < -0.39 is 18.5 Å². The zero-order chi connectivity index (χ0) is 19.4. The summed E-state index contributed by atoms with van der Waals surface area (Å²) < 4.78 is 5.92. The van der Waals surface area contributed by atoms with Crippen molar-refractivity contribution in [1.82, 2.24) is 4.98 Å². The van der Waals surface area contributed by atoms with Gasteiger partial charge in [0.15, 0.2) is 11.7 Å². The van der Waals surface area contributed by atoms with E-state index in [0.29, 0.717) is 10.2 Å². The summed E-state index contributed by atoms with van der Waals surface area (Å²) >= 11 is 16.4. The van der Waals surface area contributed by atoms with E-state index in [1.165, 1.54) is 29.5 Å². The van der Waals surface area contributed by atoms with Crippen LogP contribution in [0.4, 0.5) is 5.13 Å². The molecule has 27 heavy (non-hydrogen) atoms. The van der Waals surface area contributed by atoms with E-state index >= 15 is 0 Å². The standard InChI is InChI=1S/C18H11BrCl2N2O3S/c19-11-3-1-2-10(6-11)15-9-27-18(22-15)23-16(24)8-26-17(25)13-5-4-12(20)7-14(13)21/h1-7,9H,8H2,(H,22,23,24). The van der Waals surface area contributed by atoms with Crippen molar-refractivity contribution in [3.63, 3.8) is 0 Å². The molecule has 0 aliphatic carbocycles. The summed E-state index contributed by atoms with van der Waals surface area (Å²) in [6.07, 6.45) is 0. The Labute approximate surface area is 177 Å². The third-order valence-corrected chi connectivity index (χ3v) is 5.16. The predicted octanol–water partition coefficient (Wildman–Crippen LogP) is 5.67. The van der Waals surface area contributed by atoms with E-state index in [4.69, 9.17) is 27.9 Å². The molecule has 0 aliphatic heterocycles. The van der Waals surface area contributed by atoms with Gasteiger partial charge < -0.3 is 4.74 Å². The summed E-state index contributed by atoms with van der Waals surface area (Å²) in [7, 11) is 0. The molecule has 9 heteroatoms. The molecule has 0 radical (unpaired) electrons. The Morgan fingerprint density at radius 1 is 1.19 bits per heavy atom. The summed E-state index contributed by atoms with van der Waals surface area (Å²) in [5.74, 6) is -1.20. The van der Waals surface area contributed by atoms with Crippen LogP contribution < -0.4 is 5.32 Å². The van der Waals surface area contributed by atoms with Crippen molar-refractivity contribution in [1.29, 1.82) is 0 Å². The number of hydrogen-bond acceptors (Lipinski definition) is 5. The molecular formula is C18H11BrCl2N2O3S. The normalized spacial score (nSPS) is 10.5. The first-order valence-corrected chi connectivity index (χ1v) is 9.99. The molecule has 0 aliphatic rings. The molecule has 1 amide bonds. The monoisotopic (exact) mass is 484 g/mol. The Morgan fingerprint density at radius 2 is 2.00 bits per heavy atom. The number of thiazole rings is 1. The van der Waals surface area contributed by atoms with Gasteiger partial charge in [0.25, 0.3) is 5.91 Å². The maximum Gasteiger partial charge on any atom is 0.340 e. The van der Waals surface area contributed by atoms with Crippen LogP contribution >= 0.6 is 50.5 Å². The molecule has 5 nitrogen and oxygen atoms in total. The fourth-order valence-electron chi connectivity index (χ4n) is 2.13. The summed E-state index contributed by atoms with van der Waals surface area (Å²) in [6, 6.07) is 12.1. The molecular weight excluding hydrogens is 475 g/mol. The number of carbonyl (C=O) groups is 2. The van der Waals surface area contributed by atoms with Crippen LogP contribution in [0.25, 0.3) is 11.3 Å². The molecule has 0 saturated carbocycles. The molecule has 0 saturated heterocycles. The number of esters is 1. The predicted molar refractivity (Wildman–Crippen MR) is 111 cm³/mol. The number of anilines is 1. The Balaban J connectivity index is 1.57. The van der Waals surface area contributed by atoms with Crippen molar-refractivity contribution in [3.8, 4) is 11.3 Å². The highest BCUT2D eigenvalue weighted by Gasteiger charge is 2.15. The van der Waals surface area contributed by atoms with Crippen LogP contribution in [0.15, 0.2) is 52.3 Å². The van der Waals surface area contributed by atoms with Gasteiger partial charge in [0, 0.05) is 20.4 Å². The van der Waals surface area contributed by atoms with Crippen molar-refractivity contribution in [2.24, 2.45) is 0 Å². The molecule has 0 spiro atoms. The van der Waals surface area contributed by atoms with Crippen molar-refractivity contribution >= 4 is 67.5 Å². The lowest BCUT2D eigenvalue weighted by molar-refractivity contribution is -0.119. The Morgan fingerprint density at radius 3 is 2.74 bits per heavy atom. The van der Waals surface area contributed by atoms with Crippen LogP contribution in [0.5, 0.6) is 0 Å².